The third kappa shape index (κ3) is 4.08. The summed E-state index contributed by atoms with van der Waals surface area (Å²) in [5.41, 5.74) is 4.68. The molecule has 1 aliphatic heterocycles. The highest BCUT2D eigenvalue weighted by Crippen LogP contribution is 2.24. The molecule has 0 saturated carbocycles. The van der Waals surface area contributed by atoms with Crippen LogP contribution in [0.1, 0.15) is 55.7 Å². The fourth-order valence-corrected chi connectivity index (χ4v) is 3.77. The average molecular weight is 287 g/mol. The molecule has 2 nitrogen and oxygen atoms in total. The Morgan fingerprint density at radius 1 is 1.24 bits per heavy atom. The van der Waals surface area contributed by atoms with E-state index in [9.17, 15) is 0 Å². The quantitative estimate of drug-likeness (QED) is 0.826. The summed E-state index contributed by atoms with van der Waals surface area (Å²) in [5.74, 6) is 0. The number of rotatable bonds is 7. The van der Waals surface area contributed by atoms with Gasteiger partial charge in [0.2, 0.25) is 0 Å². The van der Waals surface area contributed by atoms with Gasteiger partial charge in [-0.15, -0.1) is 0 Å². The monoisotopic (exact) mass is 287 g/mol. The van der Waals surface area contributed by atoms with Gasteiger partial charge in [-0.25, -0.2) is 0 Å². The smallest absolute Gasteiger partial charge is 0.0590 e. The van der Waals surface area contributed by atoms with Crippen molar-refractivity contribution in [2.75, 3.05) is 13.2 Å². The number of aryl methyl sites for hydroxylation is 2. The molecule has 1 fully saturated rings. The van der Waals surface area contributed by atoms with Crippen LogP contribution in [0.5, 0.6) is 0 Å². The van der Waals surface area contributed by atoms with E-state index in [1.54, 1.807) is 11.1 Å². The SMILES string of the molecule is CCCNC(Cc1ccc2c(c1)CCC2)CC1CCCO1. The summed E-state index contributed by atoms with van der Waals surface area (Å²) in [6.45, 7) is 4.32. The molecule has 2 unspecified atom stereocenters. The molecule has 1 saturated heterocycles. The predicted molar refractivity (Wildman–Crippen MR) is 87.8 cm³/mol. The second kappa shape index (κ2) is 7.42. The van der Waals surface area contributed by atoms with Crippen LogP contribution in [0.3, 0.4) is 0 Å². The third-order valence-corrected chi connectivity index (χ3v) is 4.90. The summed E-state index contributed by atoms with van der Waals surface area (Å²) >= 11 is 0. The molecule has 3 rings (SSSR count). The van der Waals surface area contributed by atoms with Crippen LogP contribution in [0.4, 0.5) is 0 Å². The van der Waals surface area contributed by atoms with Crippen LogP contribution in [0.15, 0.2) is 18.2 Å². The molecule has 2 atom stereocenters. The van der Waals surface area contributed by atoms with E-state index in [0.717, 1.165) is 26.0 Å². The lowest BCUT2D eigenvalue weighted by atomic mass is 9.97. The Morgan fingerprint density at radius 2 is 2.14 bits per heavy atom. The fraction of sp³-hybridized carbons (Fsp3) is 0.684. The molecule has 2 heteroatoms. The van der Waals surface area contributed by atoms with Gasteiger partial charge < -0.3 is 10.1 Å². The van der Waals surface area contributed by atoms with E-state index in [4.69, 9.17) is 4.74 Å². The Bertz CT molecular complexity index is 451. The van der Waals surface area contributed by atoms with Crippen molar-refractivity contribution in [3.05, 3.63) is 34.9 Å². The lowest BCUT2D eigenvalue weighted by Crippen LogP contribution is -2.35. The van der Waals surface area contributed by atoms with Crippen LogP contribution in [-0.4, -0.2) is 25.3 Å². The summed E-state index contributed by atoms with van der Waals surface area (Å²) in [6, 6.07) is 7.73. The Kier molecular flexibility index (Phi) is 5.32. The lowest BCUT2D eigenvalue weighted by Gasteiger charge is -2.22. The number of nitrogens with one attached hydrogen (secondary N) is 1. The highest BCUT2D eigenvalue weighted by Gasteiger charge is 2.21. The zero-order chi connectivity index (χ0) is 14.5. The number of hydrogen-bond donors (Lipinski definition) is 1. The van der Waals surface area contributed by atoms with Crippen molar-refractivity contribution in [3.8, 4) is 0 Å². The van der Waals surface area contributed by atoms with Gasteiger partial charge in [0, 0.05) is 12.6 Å². The molecule has 2 aliphatic rings. The number of benzene rings is 1. The Labute approximate surface area is 129 Å². The summed E-state index contributed by atoms with van der Waals surface area (Å²) in [4.78, 5) is 0. The maximum atomic E-state index is 5.84. The summed E-state index contributed by atoms with van der Waals surface area (Å²) < 4.78 is 5.84. The molecule has 1 aromatic carbocycles. The van der Waals surface area contributed by atoms with Gasteiger partial charge in [-0.3, -0.25) is 0 Å². The van der Waals surface area contributed by atoms with E-state index >= 15 is 0 Å². The van der Waals surface area contributed by atoms with Crippen molar-refractivity contribution >= 4 is 0 Å². The standard InChI is InChI=1S/C19H29NO/c1-2-10-20-18(14-19-7-4-11-21-19)13-15-8-9-16-5-3-6-17(16)12-15/h8-9,12,18-20H,2-7,10-11,13-14H2,1H3. The van der Waals surface area contributed by atoms with Gasteiger partial charge in [0.05, 0.1) is 6.10 Å². The first-order chi connectivity index (χ1) is 10.3. The Balaban J connectivity index is 1.62. The molecule has 0 amide bonds. The zero-order valence-electron chi connectivity index (χ0n) is 13.4. The van der Waals surface area contributed by atoms with Gasteiger partial charge >= 0.3 is 0 Å². The largest absolute Gasteiger partial charge is 0.378 e. The predicted octanol–water partition coefficient (Wildman–Crippen LogP) is 3.66. The molecule has 0 bridgehead atoms. The van der Waals surface area contributed by atoms with Gasteiger partial charge in [-0.05, 0) is 74.6 Å². The molecular formula is C19H29NO. The summed E-state index contributed by atoms with van der Waals surface area (Å²) in [6.07, 6.45) is 10.4. The van der Waals surface area contributed by atoms with Crippen LogP contribution < -0.4 is 5.32 Å². The van der Waals surface area contributed by atoms with E-state index in [1.165, 1.54) is 44.1 Å². The number of ether oxygens (including phenoxy) is 1. The minimum atomic E-state index is 0.480. The molecule has 1 aliphatic carbocycles. The molecule has 0 spiro atoms. The van der Waals surface area contributed by atoms with Crippen molar-refractivity contribution in [1.29, 1.82) is 0 Å². The highest BCUT2D eigenvalue weighted by molar-refractivity contribution is 5.35. The molecule has 0 aromatic heterocycles. The first kappa shape index (κ1) is 15.1. The van der Waals surface area contributed by atoms with Gasteiger partial charge in [0.25, 0.3) is 0 Å². The molecular weight excluding hydrogens is 258 g/mol. The third-order valence-electron chi connectivity index (χ3n) is 4.90. The van der Waals surface area contributed by atoms with Crippen LogP contribution in [-0.2, 0) is 24.0 Å². The van der Waals surface area contributed by atoms with Crippen molar-refractivity contribution in [1.82, 2.24) is 5.32 Å². The van der Waals surface area contributed by atoms with Gasteiger partial charge in [0.1, 0.15) is 0 Å². The van der Waals surface area contributed by atoms with Crippen LogP contribution >= 0.6 is 0 Å². The minimum absolute atomic E-state index is 0.480. The minimum Gasteiger partial charge on any atom is -0.378 e. The maximum Gasteiger partial charge on any atom is 0.0590 e. The van der Waals surface area contributed by atoms with Crippen molar-refractivity contribution in [2.24, 2.45) is 0 Å². The van der Waals surface area contributed by atoms with Gasteiger partial charge in [-0.2, -0.15) is 0 Å². The first-order valence-corrected chi connectivity index (χ1v) is 8.81. The maximum absolute atomic E-state index is 5.84. The summed E-state index contributed by atoms with van der Waals surface area (Å²) in [5, 5.41) is 3.73. The summed E-state index contributed by atoms with van der Waals surface area (Å²) in [7, 11) is 0. The number of hydrogen-bond acceptors (Lipinski definition) is 2. The van der Waals surface area contributed by atoms with Crippen LogP contribution in [0.2, 0.25) is 0 Å². The Morgan fingerprint density at radius 3 is 2.95 bits per heavy atom. The zero-order valence-corrected chi connectivity index (χ0v) is 13.4. The van der Waals surface area contributed by atoms with E-state index < -0.39 is 0 Å². The highest BCUT2D eigenvalue weighted by atomic mass is 16.5. The molecule has 116 valence electrons. The number of fused-ring (bicyclic) bond motifs is 1. The first-order valence-electron chi connectivity index (χ1n) is 8.81. The van der Waals surface area contributed by atoms with E-state index in [-0.39, 0.29) is 0 Å². The molecule has 1 aromatic rings. The van der Waals surface area contributed by atoms with Gasteiger partial charge in [-0.1, -0.05) is 25.1 Å². The molecule has 1 N–H and O–H groups in total. The van der Waals surface area contributed by atoms with Crippen molar-refractivity contribution in [3.63, 3.8) is 0 Å². The second-order valence-electron chi connectivity index (χ2n) is 6.68. The Hall–Kier alpha value is -0.860. The van der Waals surface area contributed by atoms with Gasteiger partial charge in [0.15, 0.2) is 0 Å². The molecule has 21 heavy (non-hydrogen) atoms. The topological polar surface area (TPSA) is 21.3 Å². The van der Waals surface area contributed by atoms with Crippen LogP contribution in [0.25, 0.3) is 0 Å². The van der Waals surface area contributed by atoms with Crippen molar-refractivity contribution < 1.29 is 4.74 Å². The van der Waals surface area contributed by atoms with Crippen LogP contribution in [0, 0.1) is 0 Å². The second-order valence-corrected chi connectivity index (χ2v) is 6.68. The molecule has 0 radical (unpaired) electrons. The van der Waals surface area contributed by atoms with Crippen molar-refractivity contribution in [2.45, 2.75) is 70.4 Å². The molecule has 1 heterocycles. The van der Waals surface area contributed by atoms with E-state index in [1.807, 2.05) is 0 Å². The van der Waals surface area contributed by atoms with E-state index in [0.29, 0.717) is 12.1 Å². The van der Waals surface area contributed by atoms with E-state index in [2.05, 4.69) is 30.4 Å². The normalized spacial score (nSPS) is 22.4. The average Bonchev–Trinajstić information content (AvgIpc) is 3.15. The lowest BCUT2D eigenvalue weighted by molar-refractivity contribution is 0.0946. The fourth-order valence-electron chi connectivity index (χ4n) is 3.77.